The Hall–Kier alpha value is -3.32. The molecule has 3 N–H and O–H groups in total. The standard InChI is InChI=1S/C21H22ClN5O2/c1-13-21(14(2)27(26-13)17-7-5-4-6-8-17)25-20(29)12-23-19-11-16(22)9-10-18(19)24-15(3)28/h4-11,23H,12H2,1-3H3,(H,24,28)(H,25,29). The van der Waals surface area contributed by atoms with E-state index in [9.17, 15) is 9.59 Å². The molecule has 7 nitrogen and oxygen atoms in total. The summed E-state index contributed by atoms with van der Waals surface area (Å²) >= 11 is 6.04. The molecule has 0 aliphatic rings. The highest BCUT2D eigenvalue weighted by atomic mass is 35.5. The number of hydrogen-bond donors (Lipinski definition) is 3. The first-order valence-corrected chi connectivity index (χ1v) is 9.45. The van der Waals surface area contributed by atoms with Crippen molar-refractivity contribution in [3.63, 3.8) is 0 Å². The van der Waals surface area contributed by atoms with Crippen LogP contribution >= 0.6 is 11.6 Å². The summed E-state index contributed by atoms with van der Waals surface area (Å²) in [6.07, 6.45) is 0. The molecule has 3 rings (SSSR count). The number of nitrogens with one attached hydrogen (secondary N) is 3. The average molecular weight is 412 g/mol. The molecule has 0 atom stereocenters. The summed E-state index contributed by atoms with van der Waals surface area (Å²) in [5.74, 6) is -0.447. The van der Waals surface area contributed by atoms with Gasteiger partial charge in [0.1, 0.15) is 0 Å². The van der Waals surface area contributed by atoms with Crippen LogP contribution in [0.5, 0.6) is 0 Å². The third kappa shape index (κ3) is 4.94. The van der Waals surface area contributed by atoms with Crippen molar-refractivity contribution >= 4 is 40.5 Å². The SMILES string of the molecule is CC(=O)Nc1ccc(Cl)cc1NCC(=O)Nc1c(C)nn(-c2ccccc2)c1C. The van der Waals surface area contributed by atoms with Crippen LogP contribution in [-0.4, -0.2) is 28.1 Å². The van der Waals surface area contributed by atoms with E-state index in [1.807, 2.05) is 44.2 Å². The Morgan fingerprint density at radius 3 is 2.45 bits per heavy atom. The van der Waals surface area contributed by atoms with Crippen molar-refractivity contribution in [3.05, 3.63) is 64.9 Å². The van der Waals surface area contributed by atoms with Gasteiger partial charge in [-0.3, -0.25) is 9.59 Å². The number of hydrogen-bond acceptors (Lipinski definition) is 4. The third-order valence-corrected chi connectivity index (χ3v) is 4.52. The summed E-state index contributed by atoms with van der Waals surface area (Å²) in [5.41, 5.74) is 4.28. The highest BCUT2D eigenvalue weighted by Crippen LogP contribution is 2.26. The quantitative estimate of drug-likeness (QED) is 0.568. The van der Waals surface area contributed by atoms with Crippen LogP contribution < -0.4 is 16.0 Å². The van der Waals surface area contributed by atoms with E-state index in [0.717, 1.165) is 17.1 Å². The lowest BCUT2D eigenvalue weighted by Crippen LogP contribution is -2.23. The van der Waals surface area contributed by atoms with E-state index in [-0.39, 0.29) is 18.4 Å². The van der Waals surface area contributed by atoms with Crippen molar-refractivity contribution in [2.45, 2.75) is 20.8 Å². The molecule has 8 heteroatoms. The van der Waals surface area contributed by atoms with Crippen molar-refractivity contribution in [1.82, 2.24) is 9.78 Å². The van der Waals surface area contributed by atoms with E-state index in [4.69, 9.17) is 11.6 Å². The van der Waals surface area contributed by atoms with Crippen LogP contribution in [0.1, 0.15) is 18.3 Å². The molecule has 0 saturated carbocycles. The molecule has 0 unspecified atom stereocenters. The first-order valence-electron chi connectivity index (χ1n) is 9.07. The fourth-order valence-corrected chi connectivity index (χ4v) is 3.14. The van der Waals surface area contributed by atoms with Crippen LogP contribution in [0, 0.1) is 13.8 Å². The second-order valence-corrected chi connectivity index (χ2v) is 7.00. The zero-order valence-electron chi connectivity index (χ0n) is 16.4. The van der Waals surface area contributed by atoms with Crippen LogP contribution in [0.25, 0.3) is 5.69 Å². The minimum atomic E-state index is -0.238. The van der Waals surface area contributed by atoms with Crippen molar-refractivity contribution in [2.24, 2.45) is 0 Å². The highest BCUT2D eigenvalue weighted by Gasteiger charge is 2.15. The smallest absolute Gasteiger partial charge is 0.243 e. The first kappa shape index (κ1) is 20.4. The van der Waals surface area contributed by atoms with E-state index >= 15 is 0 Å². The average Bonchev–Trinajstić information content (AvgIpc) is 2.96. The lowest BCUT2D eigenvalue weighted by molar-refractivity contribution is -0.115. The van der Waals surface area contributed by atoms with Gasteiger partial charge in [0.05, 0.1) is 40.7 Å². The van der Waals surface area contributed by atoms with Crippen molar-refractivity contribution in [1.29, 1.82) is 0 Å². The maximum absolute atomic E-state index is 12.5. The van der Waals surface area contributed by atoms with Gasteiger partial charge in [-0.05, 0) is 44.2 Å². The zero-order chi connectivity index (χ0) is 21.0. The van der Waals surface area contributed by atoms with Gasteiger partial charge in [-0.25, -0.2) is 4.68 Å². The number of carbonyl (C=O) groups is 2. The topological polar surface area (TPSA) is 88.1 Å². The van der Waals surface area contributed by atoms with Gasteiger partial charge in [0.15, 0.2) is 0 Å². The number of nitrogens with zero attached hydrogens (tertiary/aromatic N) is 2. The molecule has 0 bridgehead atoms. The molecule has 0 saturated heterocycles. The van der Waals surface area contributed by atoms with Crippen LogP contribution in [0.15, 0.2) is 48.5 Å². The molecule has 1 aromatic heterocycles. The fourth-order valence-electron chi connectivity index (χ4n) is 2.96. The molecule has 150 valence electrons. The summed E-state index contributed by atoms with van der Waals surface area (Å²) in [6.45, 7) is 5.17. The Bertz CT molecular complexity index is 1050. The molecular formula is C21H22ClN5O2. The van der Waals surface area contributed by atoms with Crippen LogP contribution in [0.4, 0.5) is 17.1 Å². The van der Waals surface area contributed by atoms with Gasteiger partial charge < -0.3 is 16.0 Å². The molecule has 2 aromatic carbocycles. The van der Waals surface area contributed by atoms with Crippen LogP contribution in [0.3, 0.4) is 0 Å². The second-order valence-electron chi connectivity index (χ2n) is 6.57. The number of rotatable bonds is 6. The summed E-state index contributed by atoms with van der Waals surface area (Å²) in [6, 6.07) is 14.7. The summed E-state index contributed by atoms with van der Waals surface area (Å²) in [5, 5.41) is 13.7. The van der Waals surface area contributed by atoms with Crippen LogP contribution in [-0.2, 0) is 9.59 Å². The third-order valence-electron chi connectivity index (χ3n) is 4.29. The van der Waals surface area contributed by atoms with Crippen molar-refractivity contribution < 1.29 is 9.59 Å². The molecule has 29 heavy (non-hydrogen) atoms. The van der Waals surface area contributed by atoms with E-state index in [1.54, 1.807) is 22.9 Å². The van der Waals surface area contributed by atoms with E-state index < -0.39 is 0 Å². The number of aryl methyl sites for hydroxylation is 1. The number of carbonyl (C=O) groups excluding carboxylic acids is 2. The van der Waals surface area contributed by atoms with Crippen LogP contribution in [0.2, 0.25) is 5.02 Å². The number of benzene rings is 2. The lowest BCUT2D eigenvalue weighted by Gasteiger charge is -2.13. The Labute approximate surface area is 174 Å². The largest absolute Gasteiger partial charge is 0.374 e. The second kappa shape index (κ2) is 8.79. The van der Waals surface area contributed by atoms with Crippen molar-refractivity contribution in [2.75, 3.05) is 22.5 Å². The van der Waals surface area contributed by atoms with E-state index in [1.165, 1.54) is 6.92 Å². The Balaban J connectivity index is 1.72. The summed E-state index contributed by atoms with van der Waals surface area (Å²) in [4.78, 5) is 23.9. The molecule has 3 aromatic rings. The highest BCUT2D eigenvalue weighted by molar-refractivity contribution is 6.31. The minimum absolute atomic E-state index is 0.00231. The van der Waals surface area contributed by atoms with E-state index in [0.29, 0.717) is 22.1 Å². The minimum Gasteiger partial charge on any atom is -0.374 e. The molecule has 0 radical (unpaired) electrons. The van der Waals surface area contributed by atoms with Gasteiger partial charge in [-0.15, -0.1) is 0 Å². The number of halogens is 1. The molecule has 2 amide bonds. The number of aromatic nitrogens is 2. The molecule has 0 aliphatic carbocycles. The molecule has 0 spiro atoms. The van der Waals surface area contributed by atoms with Gasteiger partial charge in [-0.1, -0.05) is 29.8 Å². The Kier molecular flexibility index (Phi) is 6.19. The van der Waals surface area contributed by atoms with E-state index in [2.05, 4.69) is 21.0 Å². The van der Waals surface area contributed by atoms with Gasteiger partial charge in [0.2, 0.25) is 11.8 Å². The van der Waals surface area contributed by atoms with Gasteiger partial charge in [-0.2, -0.15) is 5.10 Å². The predicted octanol–water partition coefficient (Wildman–Crippen LogP) is 4.15. The van der Waals surface area contributed by atoms with Crippen molar-refractivity contribution in [3.8, 4) is 5.69 Å². The Morgan fingerprint density at radius 1 is 1.03 bits per heavy atom. The predicted molar refractivity (Wildman–Crippen MR) is 116 cm³/mol. The lowest BCUT2D eigenvalue weighted by atomic mass is 10.2. The first-order chi connectivity index (χ1) is 13.8. The molecule has 0 aliphatic heterocycles. The number of para-hydroxylation sites is 1. The normalized spacial score (nSPS) is 10.5. The molecular weight excluding hydrogens is 390 g/mol. The Morgan fingerprint density at radius 2 is 1.76 bits per heavy atom. The number of amides is 2. The number of anilines is 3. The maximum atomic E-state index is 12.5. The molecule has 0 fully saturated rings. The fraction of sp³-hybridized carbons (Fsp3) is 0.190. The van der Waals surface area contributed by atoms with Gasteiger partial charge >= 0.3 is 0 Å². The summed E-state index contributed by atoms with van der Waals surface area (Å²) < 4.78 is 1.80. The molecule has 1 heterocycles. The monoisotopic (exact) mass is 411 g/mol. The van der Waals surface area contributed by atoms with Gasteiger partial charge in [0, 0.05) is 11.9 Å². The zero-order valence-corrected chi connectivity index (χ0v) is 17.2. The van der Waals surface area contributed by atoms with Gasteiger partial charge in [0.25, 0.3) is 0 Å². The maximum Gasteiger partial charge on any atom is 0.243 e. The summed E-state index contributed by atoms with van der Waals surface area (Å²) in [7, 11) is 0.